The molecule has 1 amide bonds. The maximum atomic E-state index is 13.0. The third kappa shape index (κ3) is 7.27. The van der Waals surface area contributed by atoms with Gasteiger partial charge in [0.15, 0.2) is 0 Å². The Morgan fingerprint density at radius 3 is 2.52 bits per heavy atom. The molecule has 0 aliphatic carbocycles. The molecular formula is C25H31N3O4S. The normalized spacial score (nSPS) is 13.0. The van der Waals surface area contributed by atoms with Crippen molar-refractivity contribution in [2.24, 2.45) is 0 Å². The summed E-state index contributed by atoms with van der Waals surface area (Å²) in [5, 5.41) is 1.65. The highest BCUT2D eigenvalue weighted by molar-refractivity contribution is 7.89. The SMILES string of the molecule is C[C@H](CN(CCc1ccccc1)C(=O)OC(C)(C)C)NS(=O)(=O)c1ccc2cnccc2c1. The summed E-state index contributed by atoms with van der Waals surface area (Å²) in [4.78, 5) is 18.6. The average Bonchev–Trinajstić information content (AvgIpc) is 2.75. The average molecular weight is 470 g/mol. The first-order valence-corrected chi connectivity index (χ1v) is 12.4. The van der Waals surface area contributed by atoms with Gasteiger partial charge in [-0.05, 0) is 63.3 Å². The van der Waals surface area contributed by atoms with Crippen molar-refractivity contribution in [1.82, 2.24) is 14.6 Å². The van der Waals surface area contributed by atoms with Crippen LogP contribution in [0.2, 0.25) is 0 Å². The minimum atomic E-state index is -3.77. The number of rotatable bonds is 8. The first-order chi connectivity index (χ1) is 15.5. The summed E-state index contributed by atoms with van der Waals surface area (Å²) in [7, 11) is -3.77. The maximum absolute atomic E-state index is 13.0. The lowest BCUT2D eigenvalue weighted by atomic mass is 10.1. The van der Waals surface area contributed by atoms with Crippen molar-refractivity contribution in [1.29, 1.82) is 0 Å². The van der Waals surface area contributed by atoms with Crippen LogP contribution in [-0.2, 0) is 21.2 Å². The first-order valence-electron chi connectivity index (χ1n) is 10.9. The summed E-state index contributed by atoms with van der Waals surface area (Å²) in [6, 6.07) is 16.0. The first kappa shape index (κ1) is 24.7. The summed E-state index contributed by atoms with van der Waals surface area (Å²) >= 11 is 0. The molecule has 33 heavy (non-hydrogen) atoms. The zero-order valence-corrected chi connectivity index (χ0v) is 20.3. The molecule has 0 saturated heterocycles. The number of nitrogens with one attached hydrogen (secondary N) is 1. The summed E-state index contributed by atoms with van der Waals surface area (Å²) < 4.78 is 34.2. The lowest BCUT2D eigenvalue weighted by molar-refractivity contribution is 0.0241. The molecule has 3 rings (SSSR count). The fraction of sp³-hybridized carbons (Fsp3) is 0.360. The summed E-state index contributed by atoms with van der Waals surface area (Å²) in [5.74, 6) is 0. The van der Waals surface area contributed by atoms with Crippen molar-refractivity contribution in [3.63, 3.8) is 0 Å². The van der Waals surface area contributed by atoms with E-state index in [1.165, 1.54) is 0 Å². The number of amides is 1. The molecule has 0 unspecified atom stereocenters. The number of hydrogen-bond acceptors (Lipinski definition) is 5. The molecule has 3 aromatic rings. The number of carbonyl (C=O) groups is 1. The van der Waals surface area contributed by atoms with Gasteiger partial charge in [-0.25, -0.2) is 17.9 Å². The van der Waals surface area contributed by atoms with Crippen LogP contribution in [-0.4, -0.2) is 49.1 Å². The zero-order chi connectivity index (χ0) is 24.1. The van der Waals surface area contributed by atoms with Gasteiger partial charge in [0.05, 0.1) is 4.90 Å². The van der Waals surface area contributed by atoms with Crippen LogP contribution in [0.3, 0.4) is 0 Å². The number of benzene rings is 2. The number of pyridine rings is 1. The van der Waals surface area contributed by atoms with E-state index in [1.807, 2.05) is 51.1 Å². The van der Waals surface area contributed by atoms with Gasteiger partial charge >= 0.3 is 6.09 Å². The van der Waals surface area contributed by atoms with Crippen molar-refractivity contribution < 1.29 is 17.9 Å². The minimum absolute atomic E-state index is 0.168. The maximum Gasteiger partial charge on any atom is 0.410 e. The smallest absolute Gasteiger partial charge is 0.410 e. The number of ether oxygens (including phenoxy) is 1. The van der Waals surface area contributed by atoms with Gasteiger partial charge in [-0.1, -0.05) is 36.4 Å². The zero-order valence-electron chi connectivity index (χ0n) is 19.5. The fourth-order valence-electron chi connectivity index (χ4n) is 3.42. The van der Waals surface area contributed by atoms with Gasteiger partial charge in [0, 0.05) is 36.9 Å². The lowest BCUT2D eigenvalue weighted by Crippen LogP contribution is -2.46. The van der Waals surface area contributed by atoms with Crippen molar-refractivity contribution in [3.05, 3.63) is 72.6 Å². The van der Waals surface area contributed by atoms with E-state index in [0.29, 0.717) is 13.0 Å². The van der Waals surface area contributed by atoms with Crippen molar-refractivity contribution in [2.75, 3.05) is 13.1 Å². The van der Waals surface area contributed by atoms with E-state index < -0.39 is 27.8 Å². The highest BCUT2D eigenvalue weighted by Gasteiger charge is 2.25. The van der Waals surface area contributed by atoms with Crippen LogP contribution in [0.1, 0.15) is 33.3 Å². The third-order valence-corrected chi connectivity index (χ3v) is 6.53. The van der Waals surface area contributed by atoms with Crippen LogP contribution in [0.15, 0.2) is 71.9 Å². The number of fused-ring (bicyclic) bond motifs is 1. The number of aromatic nitrogens is 1. The molecule has 0 aliphatic heterocycles. The summed E-state index contributed by atoms with van der Waals surface area (Å²) in [5.41, 5.74) is 0.440. The Hall–Kier alpha value is -2.97. The monoisotopic (exact) mass is 469 g/mol. The highest BCUT2D eigenvalue weighted by Crippen LogP contribution is 2.19. The quantitative estimate of drug-likeness (QED) is 0.529. The topological polar surface area (TPSA) is 88.6 Å². The second-order valence-electron chi connectivity index (χ2n) is 9.07. The van der Waals surface area contributed by atoms with Gasteiger partial charge in [-0.2, -0.15) is 0 Å². The molecule has 0 radical (unpaired) electrons. The molecule has 1 N–H and O–H groups in total. The lowest BCUT2D eigenvalue weighted by Gasteiger charge is -2.29. The van der Waals surface area contributed by atoms with E-state index in [2.05, 4.69) is 9.71 Å². The largest absolute Gasteiger partial charge is 0.444 e. The standard InChI is InChI=1S/C25H31N3O4S/c1-19(27-33(30,31)23-11-10-22-17-26-14-12-21(22)16-23)18-28(24(29)32-25(2,3)4)15-13-20-8-6-5-7-9-20/h5-12,14,16-17,19,27H,13,15,18H2,1-4H3/t19-/m1/s1. The number of hydrogen-bond donors (Lipinski definition) is 1. The molecule has 0 bridgehead atoms. The van der Waals surface area contributed by atoms with Crippen LogP contribution < -0.4 is 4.72 Å². The predicted molar refractivity (Wildman–Crippen MR) is 129 cm³/mol. The van der Waals surface area contributed by atoms with E-state index in [0.717, 1.165) is 16.3 Å². The molecule has 2 aromatic carbocycles. The molecule has 1 aromatic heterocycles. The molecule has 0 spiro atoms. The third-order valence-electron chi connectivity index (χ3n) is 4.94. The highest BCUT2D eigenvalue weighted by atomic mass is 32.2. The van der Waals surface area contributed by atoms with Crippen LogP contribution in [0.25, 0.3) is 10.8 Å². The fourth-order valence-corrected chi connectivity index (χ4v) is 4.69. The van der Waals surface area contributed by atoms with E-state index in [9.17, 15) is 13.2 Å². The number of nitrogens with zero attached hydrogens (tertiary/aromatic N) is 2. The molecule has 0 aliphatic rings. The molecular weight excluding hydrogens is 438 g/mol. The van der Waals surface area contributed by atoms with Crippen molar-refractivity contribution in [2.45, 2.75) is 50.7 Å². The molecule has 8 heteroatoms. The summed E-state index contributed by atoms with van der Waals surface area (Å²) in [6.07, 6.45) is 3.48. The Labute approximate surface area is 195 Å². The van der Waals surface area contributed by atoms with E-state index in [1.54, 1.807) is 48.5 Å². The number of sulfonamides is 1. The van der Waals surface area contributed by atoms with Crippen LogP contribution in [0, 0.1) is 0 Å². The molecule has 1 atom stereocenters. The van der Waals surface area contributed by atoms with Gasteiger partial charge in [0.2, 0.25) is 10.0 Å². The van der Waals surface area contributed by atoms with E-state index >= 15 is 0 Å². The van der Waals surface area contributed by atoms with Gasteiger partial charge in [0.1, 0.15) is 5.60 Å². The Bertz CT molecular complexity index is 1190. The van der Waals surface area contributed by atoms with Gasteiger partial charge in [-0.15, -0.1) is 0 Å². The molecule has 176 valence electrons. The number of carbonyl (C=O) groups excluding carboxylic acids is 1. The Morgan fingerprint density at radius 1 is 1.09 bits per heavy atom. The van der Waals surface area contributed by atoms with Crippen LogP contribution >= 0.6 is 0 Å². The Kier molecular flexibility index (Phi) is 7.71. The second kappa shape index (κ2) is 10.3. The summed E-state index contributed by atoms with van der Waals surface area (Å²) in [6.45, 7) is 7.75. The minimum Gasteiger partial charge on any atom is -0.444 e. The van der Waals surface area contributed by atoms with E-state index in [-0.39, 0.29) is 11.4 Å². The van der Waals surface area contributed by atoms with Gasteiger partial charge < -0.3 is 9.64 Å². The van der Waals surface area contributed by atoms with Crippen molar-refractivity contribution in [3.8, 4) is 0 Å². The molecule has 7 nitrogen and oxygen atoms in total. The molecule has 0 saturated carbocycles. The molecule has 0 fully saturated rings. The predicted octanol–water partition coefficient (Wildman–Crippen LogP) is 4.38. The molecule has 1 heterocycles. The van der Waals surface area contributed by atoms with Crippen LogP contribution in [0.5, 0.6) is 0 Å². The van der Waals surface area contributed by atoms with E-state index in [4.69, 9.17) is 4.74 Å². The van der Waals surface area contributed by atoms with Crippen LogP contribution in [0.4, 0.5) is 4.79 Å². The Balaban J connectivity index is 1.72. The van der Waals surface area contributed by atoms with Gasteiger partial charge in [0.25, 0.3) is 0 Å². The van der Waals surface area contributed by atoms with Crippen molar-refractivity contribution >= 4 is 26.9 Å². The second-order valence-corrected chi connectivity index (χ2v) is 10.8. The Morgan fingerprint density at radius 2 is 1.82 bits per heavy atom. The van der Waals surface area contributed by atoms with Gasteiger partial charge in [-0.3, -0.25) is 4.98 Å².